The van der Waals surface area contributed by atoms with Gasteiger partial charge in [-0.05, 0) is 42.7 Å². The standard InChI is InChI=1S/C22H21N3O5/c1-13-4-2-3-5-18(13)30-12-20(27)23-15-7-6-14-11-25(22(29)16(14)10-15)17-8-9-19(26)24-21(17)28/h2-7,10,17H,8-9,11-12H2,1H3,(H,23,27)(H,24,26,28). The Morgan fingerprint density at radius 1 is 1.20 bits per heavy atom. The van der Waals surface area contributed by atoms with Crippen molar-refractivity contribution in [2.75, 3.05) is 11.9 Å². The van der Waals surface area contributed by atoms with E-state index in [0.29, 0.717) is 30.0 Å². The van der Waals surface area contributed by atoms with E-state index in [1.807, 2.05) is 25.1 Å². The number of imide groups is 1. The fraction of sp³-hybridized carbons (Fsp3) is 0.273. The van der Waals surface area contributed by atoms with E-state index in [0.717, 1.165) is 11.1 Å². The molecule has 0 radical (unpaired) electrons. The molecule has 8 heteroatoms. The van der Waals surface area contributed by atoms with E-state index in [9.17, 15) is 19.2 Å². The van der Waals surface area contributed by atoms with E-state index in [1.54, 1.807) is 24.3 Å². The van der Waals surface area contributed by atoms with Crippen molar-refractivity contribution in [2.45, 2.75) is 32.4 Å². The van der Waals surface area contributed by atoms with Crippen molar-refractivity contribution >= 4 is 29.3 Å². The molecule has 1 fully saturated rings. The SMILES string of the molecule is Cc1ccccc1OCC(=O)Nc1ccc2c(c1)C(=O)N(C1CCC(=O)NC1=O)C2. The number of hydrogen-bond donors (Lipinski definition) is 2. The van der Waals surface area contributed by atoms with E-state index in [4.69, 9.17) is 4.74 Å². The van der Waals surface area contributed by atoms with Crippen LogP contribution in [0.5, 0.6) is 5.75 Å². The Morgan fingerprint density at radius 2 is 2.00 bits per heavy atom. The number of carbonyl (C=O) groups excluding carboxylic acids is 4. The summed E-state index contributed by atoms with van der Waals surface area (Å²) in [6.45, 7) is 2.04. The van der Waals surface area contributed by atoms with E-state index >= 15 is 0 Å². The minimum absolute atomic E-state index is 0.154. The van der Waals surface area contributed by atoms with Gasteiger partial charge in [-0.3, -0.25) is 24.5 Å². The summed E-state index contributed by atoms with van der Waals surface area (Å²) >= 11 is 0. The number of nitrogens with one attached hydrogen (secondary N) is 2. The zero-order valence-electron chi connectivity index (χ0n) is 16.4. The lowest BCUT2D eigenvalue weighted by Gasteiger charge is -2.29. The average molecular weight is 407 g/mol. The van der Waals surface area contributed by atoms with Crippen LogP contribution in [-0.4, -0.2) is 41.2 Å². The van der Waals surface area contributed by atoms with Crippen LogP contribution in [0.25, 0.3) is 0 Å². The van der Waals surface area contributed by atoms with Crippen LogP contribution in [0.3, 0.4) is 0 Å². The van der Waals surface area contributed by atoms with E-state index in [1.165, 1.54) is 4.90 Å². The molecule has 1 unspecified atom stereocenters. The minimum atomic E-state index is -0.664. The van der Waals surface area contributed by atoms with Crippen LogP contribution < -0.4 is 15.4 Å². The van der Waals surface area contributed by atoms with Crippen LogP contribution in [0.4, 0.5) is 5.69 Å². The molecule has 2 aromatic rings. The highest BCUT2D eigenvalue weighted by Gasteiger charge is 2.39. The summed E-state index contributed by atoms with van der Waals surface area (Å²) in [6, 6.07) is 11.8. The number of ether oxygens (including phenoxy) is 1. The maximum Gasteiger partial charge on any atom is 0.262 e. The third kappa shape index (κ3) is 3.89. The van der Waals surface area contributed by atoms with E-state index in [-0.39, 0.29) is 30.7 Å². The van der Waals surface area contributed by atoms with Crippen molar-refractivity contribution in [3.8, 4) is 5.75 Å². The number of piperidine rings is 1. The number of nitrogens with zero attached hydrogens (tertiary/aromatic N) is 1. The molecular weight excluding hydrogens is 386 g/mol. The number of rotatable bonds is 5. The van der Waals surface area contributed by atoms with Crippen molar-refractivity contribution < 1.29 is 23.9 Å². The van der Waals surface area contributed by atoms with Crippen LogP contribution in [0.1, 0.15) is 34.3 Å². The number of para-hydroxylation sites is 1. The maximum atomic E-state index is 12.8. The molecular formula is C22H21N3O5. The van der Waals surface area contributed by atoms with Gasteiger partial charge in [-0.15, -0.1) is 0 Å². The van der Waals surface area contributed by atoms with Crippen molar-refractivity contribution in [1.29, 1.82) is 0 Å². The first-order chi connectivity index (χ1) is 14.4. The zero-order valence-corrected chi connectivity index (χ0v) is 16.4. The Kier molecular flexibility index (Phi) is 5.22. The first-order valence-corrected chi connectivity index (χ1v) is 9.68. The minimum Gasteiger partial charge on any atom is -0.483 e. The molecule has 2 heterocycles. The lowest BCUT2D eigenvalue weighted by molar-refractivity contribution is -0.137. The third-order valence-corrected chi connectivity index (χ3v) is 5.26. The predicted molar refractivity (Wildman–Crippen MR) is 108 cm³/mol. The molecule has 154 valence electrons. The number of anilines is 1. The normalized spacial score (nSPS) is 18.1. The van der Waals surface area contributed by atoms with Crippen molar-refractivity contribution in [1.82, 2.24) is 10.2 Å². The average Bonchev–Trinajstić information content (AvgIpc) is 3.03. The Balaban J connectivity index is 1.40. The molecule has 2 aliphatic rings. The summed E-state index contributed by atoms with van der Waals surface area (Å²) < 4.78 is 5.54. The Morgan fingerprint density at radius 3 is 2.77 bits per heavy atom. The van der Waals surface area contributed by atoms with Gasteiger partial charge in [0.15, 0.2) is 6.61 Å². The van der Waals surface area contributed by atoms with Gasteiger partial charge in [0.2, 0.25) is 11.8 Å². The van der Waals surface area contributed by atoms with Gasteiger partial charge >= 0.3 is 0 Å². The number of amides is 4. The van der Waals surface area contributed by atoms with Gasteiger partial charge in [-0.1, -0.05) is 24.3 Å². The lowest BCUT2D eigenvalue weighted by atomic mass is 10.0. The van der Waals surface area contributed by atoms with Gasteiger partial charge in [0.05, 0.1) is 0 Å². The second kappa shape index (κ2) is 7.98. The van der Waals surface area contributed by atoms with Crippen LogP contribution >= 0.6 is 0 Å². The summed E-state index contributed by atoms with van der Waals surface area (Å²) in [6.07, 6.45) is 0.517. The number of carbonyl (C=O) groups is 4. The molecule has 30 heavy (non-hydrogen) atoms. The Bertz CT molecular complexity index is 1050. The van der Waals surface area contributed by atoms with E-state index in [2.05, 4.69) is 10.6 Å². The fourth-order valence-corrected chi connectivity index (χ4v) is 3.69. The predicted octanol–water partition coefficient (Wildman–Crippen LogP) is 1.77. The lowest BCUT2D eigenvalue weighted by Crippen LogP contribution is -2.52. The largest absolute Gasteiger partial charge is 0.483 e. The highest BCUT2D eigenvalue weighted by molar-refractivity contribution is 6.06. The highest BCUT2D eigenvalue weighted by Crippen LogP contribution is 2.29. The molecule has 0 aromatic heterocycles. The summed E-state index contributed by atoms with van der Waals surface area (Å²) in [5.74, 6) is -0.762. The second-order valence-corrected chi connectivity index (χ2v) is 7.37. The van der Waals surface area contributed by atoms with Gasteiger partial charge in [-0.25, -0.2) is 0 Å². The summed E-state index contributed by atoms with van der Waals surface area (Å²) in [5.41, 5.74) is 2.63. The van der Waals surface area contributed by atoms with Gasteiger partial charge in [0.25, 0.3) is 11.8 Å². The van der Waals surface area contributed by atoms with Gasteiger partial charge in [0.1, 0.15) is 11.8 Å². The molecule has 1 saturated heterocycles. The van der Waals surface area contributed by atoms with Crippen molar-refractivity contribution in [3.63, 3.8) is 0 Å². The number of benzene rings is 2. The van der Waals surface area contributed by atoms with Gasteiger partial charge in [0, 0.05) is 24.2 Å². The first kappa shape index (κ1) is 19.6. The van der Waals surface area contributed by atoms with Crippen molar-refractivity contribution in [2.24, 2.45) is 0 Å². The van der Waals surface area contributed by atoms with Crippen LogP contribution in [0, 0.1) is 6.92 Å². The summed E-state index contributed by atoms with van der Waals surface area (Å²) in [7, 11) is 0. The maximum absolute atomic E-state index is 12.8. The number of fused-ring (bicyclic) bond motifs is 1. The molecule has 2 N–H and O–H groups in total. The quantitative estimate of drug-likeness (QED) is 0.735. The molecule has 0 saturated carbocycles. The smallest absolute Gasteiger partial charge is 0.262 e. The first-order valence-electron chi connectivity index (χ1n) is 9.68. The molecule has 2 aliphatic heterocycles. The van der Waals surface area contributed by atoms with Gasteiger partial charge in [-0.2, -0.15) is 0 Å². The molecule has 4 rings (SSSR count). The number of hydrogen-bond acceptors (Lipinski definition) is 5. The van der Waals surface area contributed by atoms with Crippen LogP contribution in [-0.2, 0) is 20.9 Å². The Labute approximate surface area is 173 Å². The summed E-state index contributed by atoms with van der Waals surface area (Å²) in [4.78, 5) is 50.0. The third-order valence-electron chi connectivity index (χ3n) is 5.26. The highest BCUT2D eigenvalue weighted by atomic mass is 16.5. The molecule has 0 aliphatic carbocycles. The molecule has 4 amide bonds. The number of aryl methyl sites for hydroxylation is 1. The van der Waals surface area contributed by atoms with Crippen LogP contribution in [0.2, 0.25) is 0 Å². The van der Waals surface area contributed by atoms with E-state index < -0.39 is 11.9 Å². The zero-order chi connectivity index (χ0) is 21.3. The molecule has 0 bridgehead atoms. The molecule has 0 spiro atoms. The van der Waals surface area contributed by atoms with Crippen molar-refractivity contribution in [3.05, 3.63) is 59.2 Å². The molecule has 8 nitrogen and oxygen atoms in total. The topological polar surface area (TPSA) is 105 Å². The monoisotopic (exact) mass is 407 g/mol. The van der Waals surface area contributed by atoms with Crippen LogP contribution in [0.15, 0.2) is 42.5 Å². The summed E-state index contributed by atoms with van der Waals surface area (Å²) in [5, 5.41) is 5.01. The fourth-order valence-electron chi connectivity index (χ4n) is 3.69. The second-order valence-electron chi connectivity index (χ2n) is 7.37. The molecule has 1 atom stereocenters. The van der Waals surface area contributed by atoms with Gasteiger partial charge < -0.3 is 15.0 Å². The Hall–Kier alpha value is -3.68. The molecule has 2 aromatic carbocycles.